The second-order valence-electron chi connectivity index (χ2n) is 4.90. The van der Waals surface area contributed by atoms with Crippen LogP contribution in [0.15, 0.2) is 48.3 Å². The van der Waals surface area contributed by atoms with Crippen molar-refractivity contribution >= 4 is 28.6 Å². The highest BCUT2D eigenvalue weighted by Crippen LogP contribution is 2.29. The summed E-state index contributed by atoms with van der Waals surface area (Å²) in [6, 6.07) is 7.09. The van der Waals surface area contributed by atoms with Crippen molar-refractivity contribution in [1.82, 2.24) is 4.98 Å². The minimum absolute atomic E-state index is 0.0440. The van der Waals surface area contributed by atoms with Crippen LogP contribution in [0.3, 0.4) is 0 Å². The molecule has 0 aliphatic rings. The van der Waals surface area contributed by atoms with Gasteiger partial charge in [-0.15, -0.1) is 0 Å². The van der Waals surface area contributed by atoms with E-state index in [-0.39, 0.29) is 17.1 Å². The number of nitrogen functional groups attached to an aromatic ring is 1. The molecule has 0 radical (unpaired) electrons. The largest absolute Gasteiger partial charge is 0.508 e. The SMILES string of the molecule is C/C=C(O)/C=C\C=C\c1c(N)c(C(N)=O)nc2cccc(C#N)c12. The Balaban J connectivity index is 2.71. The average molecular weight is 320 g/mol. The van der Waals surface area contributed by atoms with Crippen molar-refractivity contribution in [2.45, 2.75) is 6.92 Å². The summed E-state index contributed by atoms with van der Waals surface area (Å²) < 4.78 is 0. The van der Waals surface area contributed by atoms with Crippen molar-refractivity contribution in [3.8, 4) is 6.07 Å². The van der Waals surface area contributed by atoms with Gasteiger partial charge in [0.25, 0.3) is 5.91 Å². The Morgan fingerprint density at radius 2 is 2.12 bits per heavy atom. The maximum absolute atomic E-state index is 11.6. The Hall–Kier alpha value is -3.59. The minimum Gasteiger partial charge on any atom is -0.508 e. The van der Waals surface area contributed by atoms with Crippen molar-refractivity contribution in [3.05, 3.63) is 65.1 Å². The fraction of sp³-hybridized carbons (Fsp3) is 0.0556. The number of nitrogens with zero attached hydrogens (tertiary/aromatic N) is 2. The molecule has 6 nitrogen and oxygen atoms in total. The number of amides is 1. The molecule has 1 heterocycles. The number of anilines is 1. The number of aliphatic hydroxyl groups is 1. The van der Waals surface area contributed by atoms with E-state index in [9.17, 15) is 15.2 Å². The van der Waals surface area contributed by atoms with E-state index in [2.05, 4.69) is 11.1 Å². The van der Waals surface area contributed by atoms with Gasteiger partial charge < -0.3 is 16.6 Å². The highest BCUT2D eigenvalue weighted by atomic mass is 16.3. The zero-order valence-corrected chi connectivity index (χ0v) is 13.0. The summed E-state index contributed by atoms with van der Waals surface area (Å²) in [6.07, 6.45) is 7.94. The third-order valence-electron chi connectivity index (χ3n) is 3.38. The number of hydrogen-bond acceptors (Lipinski definition) is 5. The van der Waals surface area contributed by atoms with Crippen LogP contribution in [0.25, 0.3) is 17.0 Å². The Bertz CT molecular complexity index is 934. The van der Waals surface area contributed by atoms with Gasteiger partial charge in [0, 0.05) is 10.9 Å². The minimum atomic E-state index is -0.742. The second kappa shape index (κ2) is 7.11. The van der Waals surface area contributed by atoms with E-state index >= 15 is 0 Å². The molecule has 6 heteroatoms. The van der Waals surface area contributed by atoms with E-state index in [1.165, 1.54) is 6.08 Å². The number of nitrogens with two attached hydrogens (primary N) is 2. The summed E-state index contributed by atoms with van der Waals surface area (Å²) >= 11 is 0. The highest BCUT2D eigenvalue weighted by Gasteiger charge is 2.16. The van der Waals surface area contributed by atoms with Gasteiger partial charge in [-0.3, -0.25) is 4.79 Å². The van der Waals surface area contributed by atoms with Crippen LogP contribution in [0.4, 0.5) is 5.69 Å². The van der Waals surface area contributed by atoms with E-state index in [0.29, 0.717) is 22.0 Å². The van der Waals surface area contributed by atoms with Crippen molar-refractivity contribution in [3.63, 3.8) is 0 Å². The molecular formula is C18H16N4O2. The lowest BCUT2D eigenvalue weighted by Gasteiger charge is -2.10. The zero-order chi connectivity index (χ0) is 17.7. The number of benzene rings is 1. The number of hydrogen-bond donors (Lipinski definition) is 3. The van der Waals surface area contributed by atoms with E-state index in [1.807, 2.05) is 0 Å². The molecule has 0 bridgehead atoms. The summed E-state index contributed by atoms with van der Waals surface area (Å²) in [5.41, 5.74) is 12.8. The van der Waals surface area contributed by atoms with Gasteiger partial charge in [0.1, 0.15) is 5.76 Å². The lowest BCUT2D eigenvalue weighted by atomic mass is 10.00. The van der Waals surface area contributed by atoms with Crippen molar-refractivity contribution in [2.24, 2.45) is 5.73 Å². The van der Waals surface area contributed by atoms with Crippen LogP contribution in [-0.4, -0.2) is 16.0 Å². The predicted molar refractivity (Wildman–Crippen MR) is 93.9 cm³/mol. The molecule has 0 aliphatic heterocycles. The third kappa shape index (κ3) is 3.25. The van der Waals surface area contributed by atoms with Gasteiger partial charge >= 0.3 is 0 Å². The predicted octanol–water partition coefficient (Wildman–Crippen LogP) is 2.82. The van der Waals surface area contributed by atoms with Crippen LogP contribution >= 0.6 is 0 Å². The molecule has 0 fully saturated rings. The lowest BCUT2D eigenvalue weighted by Crippen LogP contribution is -2.16. The molecule has 0 aliphatic carbocycles. The lowest BCUT2D eigenvalue weighted by molar-refractivity contribution is 0.0997. The maximum Gasteiger partial charge on any atom is 0.269 e. The first-order chi connectivity index (χ1) is 11.5. The van der Waals surface area contributed by atoms with Crippen molar-refractivity contribution in [1.29, 1.82) is 5.26 Å². The summed E-state index contributed by atoms with van der Waals surface area (Å²) in [5, 5.41) is 19.2. The first kappa shape index (κ1) is 16.8. The molecule has 5 N–H and O–H groups in total. The zero-order valence-electron chi connectivity index (χ0n) is 13.0. The topological polar surface area (TPSA) is 126 Å². The van der Waals surface area contributed by atoms with Gasteiger partial charge in [0.2, 0.25) is 0 Å². The van der Waals surface area contributed by atoms with Gasteiger partial charge in [-0.05, 0) is 31.2 Å². The molecule has 2 rings (SSSR count). The second-order valence-corrected chi connectivity index (χ2v) is 4.90. The number of carbonyl (C=O) groups is 1. The number of nitriles is 1. The van der Waals surface area contributed by atoms with Crippen LogP contribution in [0, 0.1) is 11.3 Å². The Morgan fingerprint density at radius 3 is 2.75 bits per heavy atom. The molecule has 1 aromatic heterocycles. The molecule has 0 atom stereocenters. The van der Waals surface area contributed by atoms with Crippen LogP contribution < -0.4 is 11.5 Å². The third-order valence-corrected chi connectivity index (χ3v) is 3.38. The number of rotatable bonds is 4. The van der Waals surface area contributed by atoms with Gasteiger partial charge in [0.15, 0.2) is 5.69 Å². The number of carbonyl (C=O) groups excluding carboxylic acids is 1. The summed E-state index contributed by atoms with van der Waals surface area (Å²) in [6.45, 7) is 1.70. The standard InChI is InChI=1S/C18H16N4O2/c1-2-12(23)7-3-4-8-13-15-11(10-19)6-5-9-14(15)22-17(16(13)20)18(21)24/h2-9,23H,20H2,1H3,(H2,21,24)/b7-3-,8-4+,12-2-. The molecule has 24 heavy (non-hydrogen) atoms. The molecule has 1 amide bonds. The number of aromatic nitrogens is 1. The first-order valence-corrected chi connectivity index (χ1v) is 7.11. The molecule has 0 spiro atoms. The van der Waals surface area contributed by atoms with Gasteiger partial charge in [-0.25, -0.2) is 4.98 Å². The smallest absolute Gasteiger partial charge is 0.269 e. The number of primary amides is 1. The number of allylic oxidation sites excluding steroid dienone is 4. The first-order valence-electron chi connectivity index (χ1n) is 7.11. The number of pyridine rings is 1. The molecule has 0 saturated heterocycles. The molecule has 120 valence electrons. The van der Waals surface area contributed by atoms with Crippen LogP contribution in [-0.2, 0) is 0 Å². The average Bonchev–Trinajstić information content (AvgIpc) is 2.58. The molecule has 0 saturated carbocycles. The van der Waals surface area contributed by atoms with Crippen LogP contribution in [0.2, 0.25) is 0 Å². The number of fused-ring (bicyclic) bond motifs is 1. The summed E-state index contributed by atoms with van der Waals surface area (Å²) in [4.78, 5) is 15.7. The van der Waals surface area contributed by atoms with Crippen LogP contribution in [0.5, 0.6) is 0 Å². The molecule has 0 unspecified atom stereocenters. The Morgan fingerprint density at radius 1 is 1.38 bits per heavy atom. The van der Waals surface area contributed by atoms with Gasteiger partial charge in [-0.2, -0.15) is 5.26 Å². The quantitative estimate of drug-likeness (QED) is 0.590. The fourth-order valence-corrected chi connectivity index (χ4v) is 2.22. The van der Waals surface area contributed by atoms with Gasteiger partial charge in [0.05, 0.1) is 22.8 Å². The molecular weight excluding hydrogens is 304 g/mol. The van der Waals surface area contributed by atoms with Crippen LogP contribution in [0.1, 0.15) is 28.5 Å². The normalized spacial score (nSPS) is 12.1. The summed E-state index contributed by atoms with van der Waals surface area (Å²) in [7, 11) is 0. The Kier molecular flexibility index (Phi) is 4.97. The fourth-order valence-electron chi connectivity index (χ4n) is 2.22. The van der Waals surface area contributed by atoms with E-state index in [4.69, 9.17) is 11.5 Å². The van der Waals surface area contributed by atoms with Crippen molar-refractivity contribution < 1.29 is 9.90 Å². The maximum atomic E-state index is 11.6. The van der Waals surface area contributed by atoms with Crippen molar-refractivity contribution in [2.75, 3.05) is 5.73 Å². The Labute approximate surface area is 139 Å². The van der Waals surface area contributed by atoms with Gasteiger partial charge in [-0.1, -0.05) is 24.3 Å². The number of aliphatic hydroxyl groups excluding tert-OH is 1. The van der Waals surface area contributed by atoms with E-state index in [0.717, 1.165) is 0 Å². The highest BCUT2D eigenvalue weighted by molar-refractivity contribution is 6.05. The van der Waals surface area contributed by atoms with E-state index in [1.54, 1.807) is 49.4 Å². The summed E-state index contributed by atoms with van der Waals surface area (Å²) in [5.74, 6) is -0.628. The molecule has 1 aromatic carbocycles. The monoisotopic (exact) mass is 320 g/mol. The van der Waals surface area contributed by atoms with E-state index < -0.39 is 5.91 Å². The molecule has 2 aromatic rings.